The summed E-state index contributed by atoms with van der Waals surface area (Å²) in [5, 5.41) is 8.86. The topological polar surface area (TPSA) is 50.6 Å². The van der Waals surface area contributed by atoms with Crippen LogP contribution in [0.1, 0.15) is 25.0 Å². The van der Waals surface area contributed by atoms with Crippen molar-refractivity contribution in [1.29, 1.82) is 5.26 Å². The minimum atomic E-state index is -4.53. The molecule has 0 atom stereocenters. The van der Waals surface area contributed by atoms with Gasteiger partial charge in [-0.2, -0.15) is 18.4 Å². The Labute approximate surface area is 151 Å². The van der Waals surface area contributed by atoms with Gasteiger partial charge in [0.15, 0.2) is 0 Å². The SMILES string of the molecule is CCN(CC)CC(=O)N1CCN(c2ccc(C#N)cc2C(F)(F)F)CC1. The molecule has 1 aromatic carbocycles. The number of nitrogens with zero attached hydrogens (tertiary/aromatic N) is 4. The summed E-state index contributed by atoms with van der Waals surface area (Å²) in [6.45, 7) is 7.30. The maximum Gasteiger partial charge on any atom is 0.418 e. The smallest absolute Gasteiger partial charge is 0.367 e. The van der Waals surface area contributed by atoms with Gasteiger partial charge in [-0.25, -0.2) is 0 Å². The molecule has 0 radical (unpaired) electrons. The predicted octanol–water partition coefficient (Wildman–Crippen LogP) is 2.57. The number of carbonyl (C=O) groups excluding carboxylic acids is 1. The van der Waals surface area contributed by atoms with Gasteiger partial charge in [0.05, 0.1) is 23.7 Å². The molecule has 1 amide bonds. The zero-order valence-electron chi connectivity index (χ0n) is 15.0. The third kappa shape index (κ3) is 4.67. The fourth-order valence-electron chi connectivity index (χ4n) is 3.04. The summed E-state index contributed by atoms with van der Waals surface area (Å²) >= 11 is 0. The summed E-state index contributed by atoms with van der Waals surface area (Å²) in [6.07, 6.45) is -4.53. The average Bonchev–Trinajstić information content (AvgIpc) is 2.64. The van der Waals surface area contributed by atoms with Gasteiger partial charge in [-0.1, -0.05) is 13.8 Å². The van der Waals surface area contributed by atoms with Crippen molar-refractivity contribution >= 4 is 11.6 Å². The number of alkyl halides is 3. The van der Waals surface area contributed by atoms with Crippen LogP contribution in [-0.2, 0) is 11.0 Å². The molecule has 142 valence electrons. The zero-order chi connectivity index (χ0) is 19.3. The Morgan fingerprint density at radius 3 is 2.31 bits per heavy atom. The first kappa shape index (κ1) is 20.0. The lowest BCUT2D eigenvalue weighted by Gasteiger charge is -2.37. The van der Waals surface area contributed by atoms with Gasteiger partial charge in [0.25, 0.3) is 0 Å². The van der Waals surface area contributed by atoms with E-state index in [1.807, 2.05) is 18.7 Å². The molecule has 0 bridgehead atoms. The fourth-order valence-corrected chi connectivity index (χ4v) is 3.04. The highest BCUT2D eigenvalue weighted by Crippen LogP contribution is 2.37. The number of piperazine rings is 1. The maximum absolute atomic E-state index is 13.3. The number of halogens is 3. The first-order chi connectivity index (χ1) is 12.3. The summed E-state index contributed by atoms with van der Waals surface area (Å²) in [4.78, 5) is 17.7. The van der Waals surface area contributed by atoms with E-state index in [1.165, 1.54) is 12.1 Å². The Bertz CT molecular complexity index is 672. The summed E-state index contributed by atoms with van der Waals surface area (Å²) in [6, 6.07) is 5.36. The maximum atomic E-state index is 13.3. The molecule has 2 rings (SSSR count). The van der Waals surface area contributed by atoms with E-state index < -0.39 is 11.7 Å². The monoisotopic (exact) mass is 368 g/mol. The third-order valence-electron chi connectivity index (χ3n) is 4.66. The number of likely N-dealkylation sites (N-methyl/N-ethyl adjacent to an activating group) is 1. The highest BCUT2D eigenvalue weighted by Gasteiger charge is 2.36. The van der Waals surface area contributed by atoms with Crippen molar-refractivity contribution < 1.29 is 18.0 Å². The van der Waals surface area contributed by atoms with Crippen LogP contribution in [0.25, 0.3) is 0 Å². The molecule has 8 heteroatoms. The highest BCUT2D eigenvalue weighted by atomic mass is 19.4. The van der Waals surface area contributed by atoms with Crippen molar-refractivity contribution in [3.63, 3.8) is 0 Å². The van der Waals surface area contributed by atoms with Gasteiger partial charge >= 0.3 is 6.18 Å². The van der Waals surface area contributed by atoms with E-state index in [1.54, 1.807) is 15.9 Å². The molecule has 1 heterocycles. The lowest BCUT2D eigenvalue weighted by atomic mass is 10.1. The first-order valence-electron chi connectivity index (χ1n) is 8.66. The summed E-state index contributed by atoms with van der Waals surface area (Å²) in [5.74, 6) is 0.00391. The molecule has 1 aliphatic heterocycles. The molecule has 5 nitrogen and oxygen atoms in total. The minimum Gasteiger partial charge on any atom is -0.367 e. The Balaban J connectivity index is 2.08. The van der Waals surface area contributed by atoms with E-state index in [0.29, 0.717) is 32.7 Å². The number of hydrogen-bond donors (Lipinski definition) is 0. The number of carbonyl (C=O) groups is 1. The van der Waals surface area contributed by atoms with Crippen LogP contribution in [0.5, 0.6) is 0 Å². The van der Waals surface area contributed by atoms with Crippen molar-refractivity contribution in [3.05, 3.63) is 29.3 Å². The predicted molar refractivity (Wildman–Crippen MR) is 92.7 cm³/mol. The highest BCUT2D eigenvalue weighted by molar-refractivity contribution is 5.78. The van der Waals surface area contributed by atoms with Gasteiger partial charge in [-0.05, 0) is 31.3 Å². The van der Waals surface area contributed by atoms with Gasteiger partial charge in [-0.3, -0.25) is 9.69 Å². The molecule has 1 saturated heterocycles. The minimum absolute atomic E-state index is 0.00391. The number of hydrogen-bond acceptors (Lipinski definition) is 4. The van der Waals surface area contributed by atoms with E-state index >= 15 is 0 Å². The van der Waals surface area contributed by atoms with Crippen molar-refractivity contribution in [1.82, 2.24) is 9.80 Å². The number of rotatable bonds is 5. The molecule has 0 aromatic heterocycles. The molecule has 1 fully saturated rings. The van der Waals surface area contributed by atoms with E-state index in [-0.39, 0.29) is 17.2 Å². The van der Waals surface area contributed by atoms with Gasteiger partial charge in [-0.15, -0.1) is 0 Å². The quantitative estimate of drug-likeness (QED) is 0.802. The second kappa shape index (κ2) is 8.41. The Morgan fingerprint density at radius 1 is 1.19 bits per heavy atom. The number of anilines is 1. The Hall–Kier alpha value is -2.27. The number of nitriles is 1. The van der Waals surface area contributed by atoms with Crippen LogP contribution >= 0.6 is 0 Å². The van der Waals surface area contributed by atoms with Crippen LogP contribution in [0.2, 0.25) is 0 Å². The number of amides is 1. The van der Waals surface area contributed by atoms with Crippen molar-refractivity contribution in [2.45, 2.75) is 20.0 Å². The fraction of sp³-hybridized carbons (Fsp3) is 0.556. The molecule has 0 N–H and O–H groups in total. The first-order valence-corrected chi connectivity index (χ1v) is 8.66. The van der Waals surface area contributed by atoms with E-state index in [9.17, 15) is 18.0 Å². The summed E-state index contributed by atoms with van der Waals surface area (Å²) in [5.41, 5.74) is -0.763. The van der Waals surface area contributed by atoms with Crippen LogP contribution in [0.3, 0.4) is 0 Å². The van der Waals surface area contributed by atoms with Gasteiger partial charge in [0.1, 0.15) is 0 Å². The summed E-state index contributed by atoms with van der Waals surface area (Å²) in [7, 11) is 0. The molecule has 0 unspecified atom stereocenters. The zero-order valence-corrected chi connectivity index (χ0v) is 15.0. The average molecular weight is 368 g/mol. The molecule has 1 aliphatic rings. The molecular weight excluding hydrogens is 345 g/mol. The van der Waals surface area contributed by atoms with Crippen LogP contribution in [0, 0.1) is 11.3 Å². The van der Waals surface area contributed by atoms with Crippen molar-refractivity contribution in [3.8, 4) is 6.07 Å². The Morgan fingerprint density at radius 2 is 1.81 bits per heavy atom. The lowest BCUT2D eigenvalue weighted by molar-refractivity contribution is -0.137. The van der Waals surface area contributed by atoms with Gasteiger partial charge < -0.3 is 9.80 Å². The van der Waals surface area contributed by atoms with Crippen LogP contribution < -0.4 is 4.90 Å². The van der Waals surface area contributed by atoms with E-state index in [4.69, 9.17) is 5.26 Å². The molecule has 0 saturated carbocycles. The second-order valence-corrected chi connectivity index (χ2v) is 6.17. The number of benzene rings is 1. The normalized spacial score (nSPS) is 15.3. The van der Waals surface area contributed by atoms with Crippen molar-refractivity contribution in [2.24, 2.45) is 0 Å². The van der Waals surface area contributed by atoms with Gasteiger partial charge in [0, 0.05) is 31.9 Å². The van der Waals surface area contributed by atoms with Gasteiger partial charge in [0.2, 0.25) is 5.91 Å². The van der Waals surface area contributed by atoms with E-state index in [2.05, 4.69) is 0 Å². The molecule has 0 spiro atoms. The lowest BCUT2D eigenvalue weighted by Crippen LogP contribution is -2.51. The summed E-state index contributed by atoms with van der Waals surface area (Å²) < 4.78 is 40.0. The largest absolute Gasteiger partial charge is 0.418 e. The molecule has 26 heavy (non-hydrogen) atoms. The van der Waals surface area contributed by atoms with Crippen LogP contribution in [-0.4, -0.2) is 61.5 Å². The van der Waals surface area contributed by atoms with Crippen LogP contribution in [0.15, 0.2) is 18.2 Å². The van der Waals surface area contributed by atoms with E-state index in [0.717, 1.165) is 19.2 Å². The molecule has 1 aromatic rings. The molecular formula is C18H23F3N4O. The molecule has 0 aliphatic carbocycles. The third-order valence-corrected chi connectivity index (χ3v) is 4.66. The standard InChI is InChI=1S/C18H23F3N4O/c1-3-23(4-2)13-17(26)25-9-7-24(8-10-25)16-6-5-14(12-22)11-15(16)18(19,20)21/h5-6,11H,3-4,7-10,13H2,1-2H3. The Kier molecular flexibility index (Phi) is 6.48. The van der Waals surface area contributed by atoms with Crippen LogP contribution in [0.4, 0.5) is 18.9 Å². The van der Waals surface area contributed by atoms with Crippen molar-refractivity contribution in [2.75, 3.05) is 50.7 Å². The second-order valence-electron chi connectivity index (χ2n) is 6.17.